The monoisotopic (exact) mass is 315 g/mol. The first-order valence-corrected chi connectivity index (χ1v) is 7.69. The second-order valence-electron chi connectivity index (χ2n) is 5.68. The Morgan fingerprint density at radius 3 is 3.09 bits per heavy atom. The molecule has 0 spiro atoms. The van der Waals surface area contributed by atoms with Gasteiger partial charge < -0.3 is 25.0 Å². The molecule has 1 aliphatic heterocycles. The van der Waals surface area contributed by atoms with Crippen molar-refractivity contribution in [3.05, 3.63) is 47.8 Å². The predicted molar refractivity (Wildman–Crippen MR) is 89.0 cm³/mol. The molecule has 1 unspecified atom stereocenters. The highest BCUT2D eigenvalue weighted by molar-refractivity contribution is 6.05. The molecule has 1 aliphatic rings. The molecular weight excluding hydrogens is 294 g/mol. The normalized spacial score (nSPS) is 18.0. The van der Waals surface area contributed by atoms with Gasteiger partial charge in [0.15, 0.2) is 0 Å². The van der Waals surface area contributed by atoms with Crippen molar-refractivity contribution in [1.82, 2.24) is 4.98 Å². The first-order chi connectivity index (χ1) is 11.2. The van der Waals surface area contributed by atoms with Crippen LogP contribution in [0.5, 0.6) is 0 Å². The molecule has 0 bridgehead atoms. The van der Waals surface area contributed by atoms with Gasteiger partial charge in [-0.3, -0.25) is 4.79 Å². The number of hydrogen-bond acceptors (Lipinski definition) is 4. The average molecular weight is 315 g/mol. The van der Waals surface area contributed by atoms with Crippen molar-refractivity contribution < 1.29 is 14.6 Å². The fourth-order valence-electron chi connectivity index (χ4n) is 2.73. The molecule has 0 aliphatic carbocycles. The molecule has 3 N–H and O–H groups in total. The van der Waals surface area contributed by atoms with Gasteiger partial charge in [-0.25, -0.2) is 0 Å². The van der Waals surface area contributed by atoms with E-state index in [0.29, 0.717) is 18.7 Å². The summed E-state index contributed by atoms with van der Waals surface area (Å²) in [6, 6.07) is 7.72. The third-order valence-corrected chi connectivity index (χ3v) is 4.01. The van der Waals surface area contributed by atoms with Crippen molar-refractivity contribution in [2.45, 2.75) is 13.0 Å². The lowest BCUT2D eigenvalue weighted by molar-refractivity contribution is 0.00357. The van der Waals surface area contributed by atoms with Crippen LogP contribution in [-0.2, 0) is 4.74 Å². The van der Waals surface area contributed by atoms with Gasteiger partial charge in [0, 0.05) is 36.9 Å². The molecule has 1 aromatic carbocycles. The molecule has 1 atom stereocenters. The van der Waals surface area contributed by atoms with E-state index < -0.39 is 0 Å². The Morgan fingerprint density at radius 1 is 1.48 bits per heavy atom. The van der Waals surface area contributed by atoms with E-state index in [-0.39, 0.29) is 18.6 Å². The minimum absolute atomic E-state index is 0.0136. The van der Waals surface area contributed by atoms with E-state index in [1.165, 1.54) is 0 Å². The van der Waals surface area contributed by atoms with E-state index in [1.807, 2.05) is 31.2 Å². The van der Waals surface area contributed by atoms with Crippen molar-refractivity contribution in [3.8, 4) is 0 Å². The van der Waals surface area contributed by atoms with Gasteiger partial charge >= 0.3 is 0 Å². The molecule has 2 heterocycles. The number of aliphatic hydroxyl groups is 1. The topological polar surface area (TPSA) is 77.6 Å². The number of nitrogens with zero attached hydrogens (tertiary/aromatic N) is 1. The maximum atomic E-state index is 12.3. The van der Waals surface area contributed by atoms with Gasteiger partial charge in [-0.1, -0.05) is 6.07 Å². The quantitative estimate of drug-likeness (QED) is 0.803. The van der Waals surface area contributed by atoms with E-state index in [4.69, 9.17) is 4.74 Å². The molecule has 1 fully saturated rings. The molecule has 1 saturated heterocycles. The maximum absolute atomic E-state index is 12.3. The highest BCUT2D eigenvalue weighted by Gasteiger charge is 2.20. The molecule has 122 valence electrons. The lowest BCUT2D eigenvalue weighted by Gasteiger charge is -2.33. The van der Waals surface area contributed by atoms with Crippen molar-refractivity contribution in [2.24, 2.45) is 0 Å². The molecule has 2 aromatic rings. The number of carbonyl (C=O) groups is 1. The molecule has 0 radical (unpaired) electrons. The van der Waals surface area contributed by atoms with Gasteiger partial charge in [0.25, 0.3) is 5.91 Å². The molecule has 23 heavy (non-hydrogen) atoms. The smallest absolute Gasteiger partial charge is 0.257 e. The number of benzene rings is 1. The number of aromatic amines is 1. The van der Waals surface area contributed by atoms with E-state index >= 15 is 0 Å². The maximum Gasteiger partial charge on any atom is 0.257 e. The van der Waals surface area contributed by atoms with Crippen molar-refractivity contribution >= 4 is 17.3 Å². The lowest BCUT2D eigenvalue weighted by Crippen LogP contribution is -2.44. The number of rotatable bonds is 4. The number of aliphatic hydroxyl groups excluding tert-OH is 1. The zero-order valence-electron chi connectivity index (χ0n) is 13.1. The molecule has 6 nitrogen and oxygen atoms in total. The summed E-state index contributed by atoms with van der Waals surface area (Å²) in [7, 11) is 0. The summed E-state index contributed by atoms with van der Waals surface area (Å²) in [6.07, 6.45) is 3.33. The fraction of sp³-hybridized carbons (Fsp3) is 0.353. The minimum atomic E-state index is -0.162. The van der Waals surface area contributed by atoms with Crippen molar-refractivity contribution in [3.63, 3.8) is 0 Å². The van der Waals surface area contributed by atoms with E-state index in [0.717, 1.165) is 23.5 Å². The highest BCUT2D eigenvalue weighted by atomic mass is 16.5. The number of nitrogens with one attached hydrogen (secondary N) is 2. The standard InChI is InChI=1S/C17H21N3O3/c1-12-8-18-9-16(12)17(22)19-13-3-2-4-14(7-13)20-5-6-23-15(10-20)11-21/h2-4,7-9,15,18,21H,5-6,10-11H2,1H3,(H,19,22). The summed E-state index contributed by atoms with van der Waals surface area (Å²) >= 11 is 0. The number of carbonyl (C=O) groups excluding carboxylic acids is 1. The Balaban J connectivity index is 1.72. The summed E-state index contributed by atoms with van der Waals surface area (Å²) in [4.78, 5) is 17.4. The Bertz CT molecular complexity index is 683. The van der Waals surface area contributed by atoms with Gasteiger partial charge in [0.2, 0.25) is 0 Å². The number of ether oxygens (including phenoxy) is 1. The zero-order valence-corrected chi connectivity index (χ0v) is 13.1. The number of H-pyrrole nitrogens is 1. The first-order valence-electron chi connectivity index (χ1n) is 7.69. The fourth-order valence-corrected chi connectivity index (χ4v) is 2.73. The molecular formula is C17H21N3O3. The summed E-state index contributed by atoms with van der Waals surface area (Å²) in [6.45, 7) is 3.91. The number of aryl methyl sites for hydroxylation is 1. The van der Waals surface area contributed by atoms with Crippen LogP contribution >= 0.6 is 0 Å². The summed E-state index contributed by atoms with van der Waals surface area (Å²) < 4.78 is 5.47. The second-order valence-corrected chi connectivity index (χ2v) is 5.68. The number of morpholine rings is 1. The van der Waals surface area contributed by atoms with Crippen LogP contribution < -0.4 is 10.2 Å². The second kappa shape index (κ2) is 6.85. The number of aromatic nitrogens is 1. The van der Waals surface area contributed by atoms with Gasteiger partial charge in [0.05, 0.1) is 24.9 Å². The average Bonchev–Trinajstić information content (AvgIpc) is 3.01. The van der Waals surface area contributed by atoms with Gasteiger partial charge in [0.1, 0.15) is 0 Å². The van der Waals surface area contributed by atoms with Crippen LogP contribution in [0.2, 0.25) is 0 Å². The van der Waals surface area contributed by atoms with Crippen molar-refractivity contribution in [1.29, 1.82) is 0 Å². The van der Waals surface area contributed by atoms with Crippen LogP contribution in [0.15, 0.2) is 36.7 Å². The molecule has 1 amide bonds. The number of amides is 1. The SMILES string of the molecule is Cc1c[nH]cc1C(=O)Nc1cccc(N2CCOC(CO)C2)c1. The Labute approximate surface area is 135 Å². The Morgan fingerprint density at radius 2 is 2.35 bits per heavy atom. The van der Waals surface area contributed by atoms with Crippen LogP contribution in [0.4, 0.5) is 11.4 Å². The molecule has 1 aromatic heterocycles. The molecule has 0 saturated carbocycles. The summed E-state index contributed by atoms with van der Waals surface area (Å²) in [5.41, 5.74) is 3.32. The van der Waals surface area contributed by atoms with Gasteiger partial charge in [-0.2, -0.15) is 0 Å². The van der Waals surface area contributed by atoms with E-state index in [2.05, 4.69) is 15.2 Å². The Kier molecular flexibility index (Phi) is 4.64. The lowest BCUT2D eigenvalue weighted by atomic mass is 10.2. The van der Waals surface area contributed by atoms with Crippen LogP contribution in [0.3, 0.4) is 0 Å². The number of anilines is 2. The van der Waals surface area contributed by atoms with E-state index in [9.17, 15) is 9.90 Å². The van der Waals surface area contributed by atoms with Crippen LogP contribution in [0.1, 0.15) is 15.9 Å². The summed E-state index contributed by atoms with van der Waals surface area (Å²) in [5.74, 6) is -0.129. The minimum Gasteiger partial charge on any atom is -0.394 e. The van der Waals surface area contributed by atoms with Crippen LogP contribution in [-0.4, -0.2) is 48.4 Å². The number of hydrogen-bond donors (Lipinski definition) is 3. The molecule has 3 rings (SSSR count). The van der Waals surface area contributed by atoms with Crippen LogP contribution in [0, 0.1) is 6.92 Å². The van der Waals surface area contributed by atoms with Gasteiger partial charge in [-0.15, -0.1) is 0 Å². The third-order valence-electron chi connectivity index (χ3n) is 4.01. The van der Waals surface area contributed by atoms with E-state index in [1.54, 1.807) is 12.4 Å². The first kappa shape index (κ1) is 15.6. The Hall–Kier alpha value is -2.31. The van der Waals surface area contributed by atoms with Gasteiger partial charge in [-0.05, 0) is 30.7 Å². The van der Waals surface area contributed by atoms with Crippen LogP contribution in [0.25, 0.3) is 0 Å². The predicted octanol–water partition coefficient (Wildman–Crippen LogP) is 1.77. The van der Waals surface area contributed by atoms with Crippen molar-refractivity contribution in [2.75, 3.05) is 36.5 Å². The zero-order chi connectivity index (χ0) is 16.2. The molecule has 6 heteroatoms. The largest absolute Gasteiger partial charge is 0.394 e. The highest BCUT2D eigenvalue weighted by Crippen LogP contribution is 2.22. The third kappa shape index (κ3) is 3.55. The summed E-state index contributed by atoms with van der Waals surface area (Å²) in [5, 5.41) is 12.2.